The summed E-state index contributed by atoms with van der Waals surface area (Å²) in [5, 5.41) is 7.26. The Labute approximate surface area is 165 Å². The molecule has 0 amide bonds. The normalized spacial score (nSPS) is 27.8. The Kier molecular flexibility index (Phi) is 6.09. The summed E-state index contributed by atoms with van der Waals surface area (Å²) in [6.07, 6.45) is 4.96. The second-order valence-corrected chi connectivity index (χ2v) is 11.2. The van der Waals surface area contributed by atoms with E-state index >= 15 is 0 Å². The van der Waals surface area contributed by atoms with Crippen LogP contribution >= 0.6 is 0 Å². The van der Waals surface area contributed by atoms with Gasteiger partial charge >= 0.3 is 5.97 Å². The highest BCUT2D eigenvalue weighted by Crippen LogP contribution is 2.32. The monoisotopic (exact) mass is 380 g/mol. The predicted octanol–water partition coefficient (Wildman–Crippen LogP) is 4.07. The number of hydrogen-bond donors (Lipinski definition) is 2. The van der Waals surface area contributed by atoms with Crippen molar-refractivity contribution in [3.63, 3.8) is 0 Å². The van der Waals surface area contributed by atoms with Gasteiger partial charge < -0.3 is 20.1 Å². The first-order chi connectivity index (χ1) is 12.1. The van der Waals surface area contributed by atoms with E-state index in [0.717, 1.165) is 25.7 Å². The minimum Gasteiger partial charge on any atom is -0.495 e. The Hall–Kier alpha value is -1.07. The van der Waals surface area contributed by atoms with Crippen molar-refractivity contribution in [1.82, 2.24) is 10.6 Å². The van der Waals surface area contributed by atoms with Gasteiger partial charge in [-0.1, -0.05) is 0 Å². The molecule has 0 aliphatic carbocycles. The standard InChI is InChI=1S/C22H40N2O3/c1-15(26-16-11-19(2,3)23-20(4,5)12-16)10-18(25)27-17-13-21(6,7)24-22(8,9)14-17/h10,16-17,23-24H,11-14H2,1-9H3/b15-10-. The van der Waals surface area contributed by atoms with Crippen molar-refractivity contribution in [3.8, 4) is 0 Å². The number of rotatable bonds is 4. The number of allylic oxidation sites excluding steroid dienone is 1. The Morgan fingerprint density at radius 3 is 1.44 bits per heavy atom. The summed E-state index contributed by atoms with van der Waals surface area (Å²) in [7, 11) is 0. The van der Waals surface area contributed by atoms with Crippen molar-refractivity contribution < 1.29 is 14.3 Å². The van der Waals surface area contributed by atoms with Crippen LogP contribution in [0.15, 0.2) is 11.8 Å². The lowest BCUT2D eigenvalue weighted by molar-refractivity contribution is -0.147. The fourth-order valence-electron chi connectivity index (χ4n) is 5.29. The number of carbonyl (C=O) groups is 1. The molecule has 156 valence electrons. The molecule has 2 aliphatic heterocycles. The SMILES string of the molecule is C/C(=C/C(=O)OC1CC(C)(C)NC(C)(C)C1)OC1CC(C)(C)NC(C)(C)C1. The summed E-state index contributed by atoms with van der Waals surface area (Å²) in [6, 6.07) is 0. The first kappa shape index (κ1) is 22.2. The maximum absolute atomic E-state index is 12.4. The van der Waals surface area contributed by atoms with Gasteiger partial charge in [0.25, 0.3) is 0 Å². The molecule has 5 nitrogen and oxygen atoms in total. The van der Waals surface area contributed by atoms with Crippen molar-refractivity contribution in [3.05, 3.63) is 11.8 Å². The Morgan fingerprint density at radius 2 is 1.07 bits per heavy atom. The smallest absolute Gasteiger partial charge is 0.334 e. The van der Waals surface area contributed by atoms with Crippen molar-refractivity contribution >= 4 is 5.97 Å². The van der Waals surface area contributed by atoms with E-state index in [1.807, 2.05) is 6.92 Å². The molecule has 0 saturated carbocycles. The van der Waals surface area contributed by atoms with Gasteiger partial charge in [0.2, 0.25) is 0 Å². The van der Waals surface area contributed by atoms with Crippen molar-refractivity contribution in [2.24, 2.45) is 0 Å². The zero-order valence-corrected chi connectivity index (χ0v) is 18.8. The average Bonchev–Trinajstić information content (AvgIpc) is 2.28. The van der Waals surface area contributed by atoms with E-state index in [-0.39, 0.29) is 40.3 Å². The molecule has 2 rings (SSSR count). The summed E-state index contributed by atoms with van der Waals surface area (Å²) in [6.45, 7) is 19.2. The lowest BCUT2D eigenvalue weighted by Gasteiger charge is -2.46. The number of nitrogens with one attached hydrogen (secondary N) is 2. The molecule has 2 heterocycles. The Morgan fingerprint density at radius 1 is 0.741 bits per heavy atom. The van der Waals surface area contributed by atoms with Gasteiger partial charge in [0.15, 0.2) is 0 Å². The van der Waals surface area contributed by atoms with Crippen molar-refractivity contribution in [2.75, 3.05) is 0 Å². The molecule has 5 heteroatoms. The molecule has 27 heavy (non-hydrogen) atoms. The maximum Gasteiger partial charge on any atom is 0.334 e. The van der Waals surface area contributed by atoms with E-state index in [1.165, 1.54) is 6.08 Å². The number of hydrogen-bond acceptors (Lipinski definition) is 5. The van der Waals surface area contributed by atoms with E-state index in [1.54, 1.807) is 0 Å². The highest BCUT2D eigenvalue weighted by molar-refractivity contribution is 5.82. The van der Waals surface area contributed by atoms with E-state index in [4.69, 9.17) is 9.47 Å². The third kappa shape index (κ3) is 7.11. The first-order valence-corrected chi connectivity index (χ1v) is 10.2. The molecule has 2 saturated heterocycles. The lowest BCUT2D eigenvalue weighted by Crippen LogP contribution is -2.59. The number of piperidine rings is 2. The number of carbonyl (C=O) groups excluding carboxylic acids is 1. The van der Waals surface area contributed by atoms with E-state index < -0.39 is 0 Å². The summed E-state index contributed by atoms with van der Waals surface area (Å²) in [4.78, 5) is 12.4. The molecule has 2 fully saturated rings. The minimum atomic E-state index is -0.307. The van der Waals surface area contributed by atoms with Gasteiger partial charge in [0, 0.05) is 47.8 Å². The van der Waals surface area contributed by atoms with Crippen LogP contribution in [0.2, 0.25) is 0 Å². The van der Waals surface area contributed by atoms with Gasteiger partial charge in [-0.3, -0.25) is 0 Å². The largest absolute Gasteiger partial charge is 0.495 e. The second-order valence-electron chi connectivity index (χ2n) is 11.2. The van der Waals surface area contributed by atoms with Crippen LogP contribution in [0.4, 0.5) is 0 Å². The van der Waals surface area contributed by atoms with Gasteiger partial charge in [-0.05, 0) is 62.3 Å². The molecule has 2 aliphatic rings. The molecule has 0 aromatic rings. The van der Waals surface area contributed by atoms with Crippen molar-refractivity contribution in [1.29, 1.82) is 0 Å². The third-order valence-electron chi connectivity index (χ3n) is 5.26. The molecular weight excluding hydrogens is 340 g/mol. The zero-order chi connectivity index (χ0) is 20.7. The molecule has 0 aromatic heterocycles. The van der Waals surface area contributed by atoms with Crippen LogP contribution in [0.3, 0.4) is 0 Å². The van der Waals surface area contributed by atoms with Gasteiger partial charge in [0.1, 0.15) is 18.0 Å². The molecule has 0 bridgehead atoms. The second kappa shape index (κ2) is 7.40. The third-order valence-corrected chi connectivity index (χ3v) is 5.26. The van der Waals surface area contributed by atoms with Gasteiger partial charge in [-0.2, -0.15) is 0 Å². The molecule has 0 radical (unpaired) electrons. The molecule has 0 atom stereocenters. The van der Waals surface area contributed by atoms with Crippen LogP contribution < -0.4 is 10.6 Å². The summed E-state index contributed by atoms with van der Waals surface area (Å²) < 4.78 is 11.9. The predicted molar refractivity (Wildman–Crippen MR) is 110 cm³/mol. The Bertz CT molecular complexity index is 558. The summed E-state index contributed by atoms with van der Waals surface area (Å²) >= 11 is 0. The highest BCUT2D eigenvalue weighted by atomic mass is 16.5. The van der Waals surface area contributed by atoms with Crippen LogP contribution in [0, 0.1) is 0 Å². The van der Waals surface area contributed by atoms with E-state index in [9.17, 15) is 4.79 Å². The van der Waals surface area contributed by atoms with Crippen molar-refractivity contribution in [2.45, 2.75) is 122 Å². The topological polar surface area (TPSA) is 59.6 Å². The molecular formula is C22H40N2O3. The summed E-state index contributed by atoms with van der Waals surface area (Å²) in [5.74, 6) is 0.324. The minimum absolute atomic E-state index is 0.0134. The number of ether oxygens (including phenoxy) is 2. The maximum atomic E-state index is 12.4. The van der Waals surface area contributed by atoms with Gasteiger partial charge in [-0.25, -0.2) is 4.79 Å². The van der Waals surface area contributed by atoms with Gasteiger partial charge in [-0.15, -0.1) is 0 Å². The van der Waals surface area contributed by atoms with Gasteiger partial charge in [0.05, 0.1) is 6.08 Å². The van der Waals surface area contributed by atoms with E-state index in [2.05, 4.69) is 66.0 Å². The fourth-order valence-corrected chi connectivity index (χ4v) is 5.29. The number of esters is 1. The highest BCUT2D eigenvalue weighted by Gasteiger charge is 2.40. The molecule has 0 spiro atoms. The molecule has 0 aromatic carbocycles. The first-order valence-electron chi connectivity index (χ1n) is 10.2. The quantitative estimate of drug-likeness (QED) is 0.437. The molecule has 2 N–H and O–H groups in total. The van der Waals surface area contributed by atoms with Crippen LogP contribution in [0.1, 0.15) is 88.0 Å². The molecule has 0 unspecified atom stereocenters. The average molecular weight is 381 g/mol. The van der Waals surface area contributed by atoms with Crippen LogP contribution in [-0.4, -0.2) is 40.3 Å². The lowest BCUT2D eigenvalue weighted by atomic mass is 9.81. The Balaban J connectivity index is 1.94. The van der Waals surface area contributed by atoms with Crippen LogP contribution in [0.5, 0.6) is 0 Å². The van der Waals surface area contributed by atoms with E-state index in [0.29, 0.717) is 5.76 Å². The fraction of sp³-hybridized carbons (Fsp3) is 0.864. The van der Waals surface area contributed by atoms with Crippen LogP contribution in [0.25, 0.3) is 0 Å². The zero-order valence-electron chi connectivity index (χ0n) is 18.8. The van der Waals surface area contributed by atoms with Crippen LogP contribution in [-0.2, 0) is 14.3 Å². The summed E-state index contributed by atoms with van der Waals surface area (Å²) in [5.41, 5.74) is -0.0681.